The predicted molar refractivity (Wildman–Crippen MR) is 74.6 cm³/mol. The SMILES string of the molecule is C=CN(/C=C(/Cl)CCC)c1ccc([N+](=O)[O-])cc1F. The molecule has 0 atom stereocenters. The quantitative estimate of drug-likeness (QED) is 0.568. The highest BCUT2D eigenvalue weighted by Crippen LogP contribution is 2.26. The van der Waals surface area contributed by atoms with Gasteiger partial charge in [-0.3, -0.25) is 10.1 Å². The van der Waals surface area contributed by atoms with Crippen LogP contribution in [0.3, 0.4) is 0 Å². The molecule has 0 saturated carbocycles. The molecule has 0 bridgehead atoms. The van der Waals surface area contributed by atoms with E-state index in [0.717, 1.165) is 12.5 Å². The first-order valence-corrected chi connectivity index (χ1v) is 6.08. The monoisotopic (exact) mass is 284 g/mol. The third-order valence-electron chi connectivity index (χ3n) is 2.38. The maximum Gasteiger partial charge on any atom is 0.272 e. The molecule has 0 fully saturated rings. The molecule has 0 amide bonds. The summed E-state index contributed by atoms with van der Waals surface area (Å²) < 4.78 is 13.8. The second kappa shape index (κ2) is 6.89. The molecule has 1 rings (SSSR count). The molecule has 0 N–H and O–H groups in total. The zero-order valence-corrected chi connectivity index (χ0v) is 11.2. The van der Waals surface area contributed by atoms with E-state index >= 15 is 0 Å². The van der Waals surface area contributed by atoms with Gasteiger partial charge in [0.2, 0.25) is 0 Å². The van der Waals surface area contributed by atoms with Gasteiger partial charge in [-0.15, -0.1) is 0 Å². The Labute approximate surface area is 115 Å². The first kappa shape index (κ1) is 15.2. The third-order valence-corrected chi connectivity index (χ3v) is 2.67. The van der Waals surface area contributed by atoms with Crippen molar-refractivity contribution in [3.8, 4) is 0 Å². The van der Waals surface area contributed by atoms with Gasteiger partial charge in [-0.1, -0.05) is 31.5 Å². The minimum absolute atomic E-state index is 0.162. The van der Waals surface area contributed by atoms with E-state index in [1.54, 1.807) is 6.20 Å². The maximum atomic E-state index is 13.8. The van der Waals surface area contributed by atoms with E-state index in [9.17, 15) is 14.5 Å². The molecule has 0 radical (unpaired) electrons. The van der Waals surface area contributed by atoms with Gasteiger partial charge in [0.15, 0.2) is 5.82 Å². The zero-order valence-electron chi connectivity index (χ0n) is 10.5. The lowest BCUT2D eigenvalue weighted by molar-refractivity contribution is -0.385. The normalized spacial score (nSPS) is 11.2. The van der Waals surface area contributed by atoms with Crippen molar-refractivity contribution in [2.45, 2.75) is 19.8 Å². The van der Waals surface area contributed by atoms with Crippen molar-refractivity contribution in [3.05, 3.63) is 58.1 Å². The van der Waals surface area contributed by atoms with Gasteiger partial charge in [-0.2, -0.15) is 0 Å². The molecule has 1 aromatic rings. The van der Waals surface area contributed by atoms with Crippen LogP contribution < -0.4 is 4.90 Å². The van der Waals surface area contributed by atoms with E-state index in [1.165, 1.54) is 23.2 Å². The molecule has 4 nitrogen and oxygen atoms in total. The second-order valence-electron chi connectivity index (χ2n) is 3.81. The van der Waals surface area contributed by atoms with Crippen molar-refractivity contribution in [2.24, 2.45) is 0 Å². The summed E-state index contributed by atoms with van der Waals surface area (Å²) in [7, 11) is 0. The molecule has 0 heterocycles. The number of allylic oxidation sites excluding steroid dienone is 1. The summed E-state index contributed by atoms with van der Waals surface area (Å²) >= 11 is 5.98. The van der Waals surface area contributed by atoms with Gasteiger partial charge < -0.3 is 4.90 Å². The molecule has 0 saturated heterocycles. The van der Waals surface area contributed by atoms with Crippen LogP contribution in [0.1, 0.15) is 19.8 Å². The molecular formula is C13H14ClFN2O2. The van der Waals surface area contributed by atoms with Gasteiger partial charge in [-0.05, 0) is 12.5 Å². The summed E-state index contributed by atoms with van der Waals surface area (Å²) in [5.74, 6) is -0.702. The topological polar surface area (TPSA) is 46.4 Å². The number of non-ortho nitro benzene ring substituents is 1. The maximum absolute atomic E-state index is 13.8. The van der Waals surface area contributed by atoms with Gasteiger partial charge in [0.1, 0.15) is 0 Å². The minimum atomic E-state index is -0.702. The number of nitro groups is 1. The predicted octanol–water partition coefficient (Wildman–Crippen LogP) is 4.56. The highest BCUT2D eigenvalue weighted by atomic mass is 35.5. The Morgan fingerprint density at radius 1 is 1.63 bits per heavy atom. The lowest BCUT2D eigenvalue weighted by Crippen LogP contribution is -2.09. The van der Waals surface area contributed by atoms with Crippen molar-refractivity contribution in [3.63, 3.8) is 0 Å². The van der Waals surface area contributed by atoms with Crippen molar-refractivity contribution >= 4 is 23.0 Å². The number of halogens is 2. The van der Waals surface area contributed by atoms with Crippen molar-refractivity contribution < 1.29 is 9.31 Å². The third kappa shape index (κ3) is 4.06. The fourth-order valence-corrected chi connectivity index (χ4v) is 1.79. The average molecular weight is 285 g/mol. The van der Waals surface area contributed by atoms with Crippen LogP contribution in [0.2, 0.25) is 0 Å². The fraction of sp³-hybridized carbons (Fsp3) is 0.231. The van der Waals surface area contributed by atoms with E-state index in [1.807, 2.05) is 6.92 Å². The highest BCUT2D eigenvalue weighted by Gasteiger charge is 2.13. The van der Waals surface area contributed by atoms with Crippen LogP contribution in [0, 0.1) is 15.9 Å². The smallest absolute Gasteiger partial charge is 0.272 e. The van der Waals surface area contributed by atoms with Crippen LogP contribution in [0.5, 0.6) is 0 Å². The first-order valence-electron chi connectivity index (χ1n) is 5.70. The molecule has 102 valence electrons. The van der Waals surface area contributed by atoms with Gasteiger partial charge in [0.25, 0.3) is 5.69 Å². The Bertz CT molecular complexity index is 517. The average Bonchev–Trinajstić information content (AvgIpc) is 2.36. The number of hydrogen-bond acceptors (Lipinski definition) is 3. The molecule has 1 aromatic carbocycles. The zero-order chi connectivity index (χ0) is 14.4. The Balaban J connectivity index is 3.09. The molecule has 0 aromatic heterocycles. The molecule has 19 heavy (non-hydrogen) atoms. The number of anilines is 1. The Morgan fingerprint density at radius 3 is 2.79 bits per heavy atom. The van der Waals surface area contributed by atoms with Crippen molar-refractivity contribution in [2.75, 3.05) is 4.90 Å². The van der Waals surface area contributed by atoms with Gasteiger partial charge in [0.05, 0.1) is 16.7 Å². The van der Waals surface area contributed by atoms with Crippen LogP contribution >= 0.6 is 11.6 Å². The largest absolute Gasteiger partial charge is 0.321 e. The first-order chi connectivity index (χ1) is 8.99. The molecule has 0 spiro atoms. The van der Waals surface area contributed by atoms with Crippen LogP contribution in [-0.4, -0.2) is 4.92 Å². The molecular weight excluding hydrogens is 271 g/mol. The minimum Gasteiger partial charge on any atom is -0.321 e. The van der Waals surface area contributed by atoms with Crippen molar-refractivity contribution in [1.29, 1.82) is 0 Å². The van der Waals surface area contributed by atoms with Crippen LogP contribution in [0.15, 0.2) is 42.2 Å². The summed E-state index contributed by atoms with van der Waals surface area (Å²) in [4.78, 5) is 11.3. The van der Waals surface area contributed by atoms with Crippen LogP contribution in [0.25, 0.3) is 0 Å². The van der Waals surface area contributed by atoms with Crippen LogP contribution in [0.4, 0.5) is 15.8 Å². The summed E-state index contributed by atoms with van der Waals surface area (Å²) in [5.41, 5.74) is -0.135. The van der Waals surface area contributed by atoms with E-state index in [2.05, 4.69) is 6.58 Å². The van der Waals surface area contributed by atoms with Gasteiger partial charge >= 0.3 is 0 Å². The molecule has 6 heteroatoms. The highest BCUT2D eigenvalue weighted by molar-refractivity contribution is 6.29. The van der Waals surface area contributed by atoms with Crippen LogP contribution in [-0.2, 0) is 0 Å². The molecule has 0 aliphatic carbocycles. The molecule has 0 unspecified atom stereocenters. The van der Waals surface area contributed by atoms with E-state index < -0.39 is 10.7 Å². The number of nitro benzene ring substituents is 1. The summed E-state index contributed by atoms with van der Waals surface area (Å²) in [6.45, 7) is 5.54. The van der Waals surface area contributed by atoms with E-state index in [4.69, 9.17) is 11.6 Å². The second-order valence-corrected chi connectivity index (χ2v) is 4.29. The number of benzene rings is 1. The molecule has 0 aliphatic heterocycles. The Morgan fingerprint density at radius 2 is 2.32 bits per heavy atom. The van der Waals surface area contributed by atoms with Gasteiger partial charge in [-0.25, -0.2) is 4.39 Å². The summed E-state index contributed by atoms with van der Waals surface area (Å²) in [6.07, 6.45) is 4.47. The Kier molecular flexibility index (Phi) is 5.51. The standard InChI is InChI=1S/C13H14ClFN2O2/c1-3-5-10(14)9-16(4-2)13-7-6-11(17(18)19)8-12(13)15/h4,6-9H,2-3,5H2,1H3/b10-9+. The summed E-state index contributed by atoms with van der Waals surface area (Å²) in [6, 6.07) is 3.42. The number of nitrogens with zero attached hydrogens (tertiary/aromatic N) is 2. The van der Waals surface area contributed by atoms with E-state index in [0.29, 0.717) is 11.5 Å². The number of rotatable bonds is 6. The van der Waals surface area contributed by atoms with Crippen molar-refractivity contribution in [1.82, 2.24) is 0 Å². The molecule has 0 aliphatic rings. The fourth-order valence-electron chi connectivity index (χ4n) is 1.49. The summed E-state index contributed by atoms with van der Waals surface area (Å²) in [5, 5.41) is 11.1. The Hall–Kier alpha value is -1.88. The van der Waals surface area contributed by atoms with E-state index in [-0.39, 0.29) is 11.4 Å². The lowest BCUT2D eigenvalue weighted by atomic mass is 10.2. The van der Waals surface area contributed by atoms with Gasteiger partial charge in [0, 0.05) is 23.5 Å². The number of hydrogen-bond donors (Lipinski definition) is 0. The lowest BCUT2D eigenvalue weighted by Gasteiger charge is -2.16.